The Balaban J connectivity index is 2.63. The van der Waals surface area contributed by atoms with Crippen LogP contribution in [0.25, 0.3) is 0 Å². The van der Waals surface area contributed by atoms with Gasteiger partial charge >= 0.3 is 6.09 Å². The Morgan fingerprint density at radius 2 is 1.89 bits per heavy atom. The van der Waals surface area contributed by atoms with E-state index >= 15 is 0 Å². The maximum absolute atomic E-state index is 10.8. The zero-order valence-electron chi connectivity index (χ0n) is 11.3. The van der Waals surface area contributed by atoms with Crippen LogP contribution in [0.1, 0.15) is 19.4 Å². The number of rotatable bonds is 7. The van der Waals surface area contributed by atoms with Crippen molar-refractivity contribution in [1.29, 1.82) is 0 Å². The Morgan fingerprint density at radius 1 is 1.26 bits per heavy atom. The van der Waals surface area contributed by atoms with Crippen molar-refractivity contribution >= 4 is 6.09 Å². The summed E-state index contributed by atoms with van der Waals surface area (Å²) in [4.78, 5) is 10.8. The Labute approximate surface area is 113 Å². The number of carbonyl (C=O) groups is 1. The fraction of sp³-hybridized carbons (Fsp3) is 0.500. The van der Waals surface area contributed by atoms with E-state index in [9.17, 15) is 9.90 Å². The van der Waals surface area contributed by atoms with Crippen molar-refractivity contribution in [3.05, 3.63) is 35.9 Å². The number of aliphatic hydroxyl groups excluding tert-OH is 1. The summed E-state index contributed by atoms with van der Waals surface area (Å²) in [7, 11) is 0. The molecule has 0 radical (unpaired) electrons. The summed E-state index contributed by atoms with van der Waals surface area (Å²) in [5.41, 5.74) is 0.991. The third kappa shape index (κ3) is 6.22. The Morgan fingerprint density at radius 3 is 2.42 bits per heavy atom. The number of aliphatic hydroxyl groups is 1. The lowest BCUT2D eigenvalue weighted by Gasteiger charge is -2.24. The predicted octanol–water partition coefficient (Wildman–Crippen LogP) is 1.22. The van der Waals surface area contributed by atoms with Gasteiger partial charge in [-0.25, -0.2) is 4.79 Å². The first-order valence-electron chi connectivity index (χ1n) is 6.44. The van der Waals surface area contributed by atoms with Crippen LogP contribution >= 0.6 is 0 Å². The summed E-state index contributed by atoms with van der Waals surface area (Å²) in [6, 6.07) is 9.25. The second kappa shape index (κ2) is 7.76. The SMILES string of the molecule is CC(C)NC[C@@H](O)[C@H](Cc1ccccc1)NC(=O)O. The minimum Gasteiger partial charge on any atom is -0.465 e. The molecule has 0 spiro atoms. The van der Waals surface area contributed by atoms with Gasteiger partial charge in [0, 0.05) is 12.6 Å². The third-order valence-corrected chi connectivity index (χ3v) is 2.81. The zero-order chi connectivity index (χ0) is 14.3. The smallest absolute Gasteiger partial charge is 0.404 e. The van der Waals surface area contributed by atoms with Crippen molar-refractivity contribution in [2.45, 2.75) is 38.5 Å². The molecule has 0 aromatic heterocycles. The first-order chi connectivity index (χ1) is 8.99. The van der Waals surface area contributed by atoms with Gasteiger partial charge in [-0.1, -0.05) is 44.2 Å². The molecule has 0 heterocycles. The van der Waals surface area contributed by atoms with Crippen LogP contribution in [0.15, 0.2) is 30.3 Å². The highest BCUT2D eigenvalue weighted by Crippen LogP contribution is 2.06. The van der Waals surface area contributed by atoms with Gasteiger partial charge in [-0.05, 0) is 12.0 Å². The molecule has 4 N–H and O–H groups in total. The van der Waals surface area contributed by atoms with Gasteiger partial charge in [0.1, 0.15) is 0 Å². The number of benzene rings is 1. The van der Waals surface area contributed by atoms with Crippen LogP contribution < -0.4 is 10.6 Å². The molecule has 0 fully saturated rings. The molecule has 0 aliphatic heterocycles. The quantitative estimate of drug-likeness (QED) is 0.598. The zero-order valence-corrected chi connectivity index (χ0v) is 11.3. The van der Waals surface area contributed by atoms with E-state index in [2.05, 4.69) is 10.6 Å². The highest BCUT2D eigenvalue weighted by Gasteiger charge is 2.21. The van der Waals surface area contributed by atoms with E-state index in [1.165, 1.54) is 0 Å². The summed E-state index contributed by atoms with van der Waals surface area (Å²) in [6.07, 6.45) is -1.42. The highest BCUT2D eigenvalue weighted by atomic mass is 16.4. The van der Waals surface area contributed by atoms with E-state index in [1.807, 2.05) is 44.2 Å². The number of hydrogen-bond acceptors (Lipinski definition) is 3. The second-order valence-corrected chi connectivity index (χ2v) is 4.88. The Bertz CT molecular complexity index is 382. The van der Waals surface area contributed by atoms with Crippen LogP contribution in [-0.4, -0.2) is 41.0 Å². The first kappa shape index (κ1) is 15.5. The van der Waals surface area contributed by atoms with Crippen molar-refractivity contribution < 1.29 is 15.0 Å². The topological polar surface area (TPSA) is 81.6 Å². The monoisotopic (exact) mass is 266 g/mol. The summed E-state index contributed by atoms with van der Waals surface area (Å²) < 4.78 is 0. The molecule has 106 valence electrons. The van der Waals surface area contributed by atoms with Gasteiger partial charge < -0.3 is 20.8 Å². The molecule has 0 bridgehead atoms. The van der Waals surface area contributed by atoms with Crippen molar-refractivity contribution in [3.8, 4) is 0 Å². The number of hydrogen-bond donors (Lipinski definition) is 4. The Hall–Kier alpha value is -1.59. The highest BCUT2D eigenvalue weighted by molar-refractivity contribution is 5.65. The standard InChI is InChI=1S/C14H22N2O3/c1-10(2)15-9-13(17)12(16-14(18)19)8-11-6-4-3-5-7-11/h3-7,10,12-13,15-17H,8-9H2,1-2H3,(H,18,19)/t12-,13+/m0/s1. The van der Waals surface area contributed by atoms with Gasteiger partial charge in [-0.3, -0.25) is 0 Å². The van der Waals surface area contributed by atoms with Crippen LogP contribution in [0.2, 0.25) is 0 Å². The maximum atomic E-state index is 10.8. The van der Waals surface area contributed by atoms with E-state index in [0.29, 0.717) is 13.0 Å². The lowest BCUT2D eigenvalue weighted by atomic mass is 10.0. The number of nitrogens with one attached hydrogen (secondary N) is 2. The van der Waals surface area contributed by atoms with Gasteiger partial charge in [-0.2, -0.15) is 0 Å². The molecule has 0 aliphatic carbocycles. The largest absolute Gasteiger partial charge is 0.465 e. The molecule has 19 heavy (non-hydrogen) atoms. The van der Waals surface area contributed by atoms with Crippen molar-refractivity contribution in [2.24, 2.45) is 0 Å². The van der Waals surface area contributed by atoms with E-state index in [-0.39, 0.29) is 6.04 Å². The van der Waals surface area contributed by atoms with Crippen molar-refractivity contribution in [2.75, 3.05) is 6.54 Å². The van der Waals surface area contributed by atoms with Gasteiger partial charge in [0.05, 0.1) is 12.1 Å². The summed E-state index contributed by atoms with van der Waals surface area (Å²) in [5, 5.41) is 24.4. The molecule has 1 aromatic carbocycles. The summed E-state index contributed by atoms with van der Waals surface area (Å²) >= 11 is 0. The lowest BCUT2D eigenvalue weighted by Crippen LogP contribution is -2.49. The molecular formula is C14H22N2O3. The van der Waals surface area contributed by atoms with Crippen LogP contribution in [-0.2, 0) is 6.42 Å². The molecular weight excluding hydrogens is 244 g/mol. The van der Waals surface area contributed by atoms with Crippen LogP contribution in [0, 0.1) is 0 Å². The minimum atomic E-state index is -1.12. The fourth-order valence-electron chi connectivity index (χ4n) is 1.81. The average Bonchev–Trinajstić information content (AvgIpc) is 2.36. The lowest BCUT2D eigenvalue weighted by molar-refractivity contribution is 0.116. The fourth-order valence-corrected chi connectivity index (χ4v) is 1.81. The maximum Gasteiger partial charge on any atom is 0.404 e. The third-order valence-electron chi connectivity index (χ3n) is 2.81. The van der Waals surface area contributed by atoms with Gasteiger partial charge in [-0.15, -0.1) is 0 Å². The van der Waals surface area contributed by atoms with Gasteiger partial charge in [0.15, 0.2) is 0 Å². The van der Waals surface area contributed by atoms with Crippen LogP contribution in [0.3, 0.4) is 0 Å². The van der Waals surface area contributed by atoms with E-state index in [0.717, 1.165) is 5.56 Å². The average molecular weight is 266 g/mol. The first-order valence-corrected chi connectivity index (χ1v) is 6.44. The van der Waals surface area contributed by atoms with Crippen LogP contribution in [0.5, 0.6) is 0 Å². The summed E-state index contributed by atoms with van der Waals surface area (Å²) in [5.74, 6) is 0. The van der Waals surface area contributed by atoms with Crippen LogP contribution in [0.4, 0.5) is 4.79 Å². The van der Waals surface area contributed by atoms with E-state index < -0.39 is 18.2 Å². The molecule has 5 nitrogen and oxygen atoms in total. The molecule has 1 aromatic rings. The molecule has 0 saturated heterocycles. The van der Waals surface area contributed by atoms with Gasteiger partial charge in [0.2, 0.25) is 0 Å². The second-order valence-electron chi connectivity index (χ2n) is 4.88. The van der Waals surface area contributed by atoms with Gasteiger partial charge in [0.25, 0.3) is 0 Å². The minimum absolute atomic E-state index is 0.247. The van der Waals surface area contributed by atoms with Crippen molar-refractivity contribution in [1.82, 2.24) is 10.6 Å². The normalized spacial score (nSPS) is 14.1. The number of amides is 1. The molecule has 5 heteroatoms. The molecule has 1 rings (SSSR count). The Kier molecular flexibility index (Phi) is 6.32. The van der Waals surface area contributed by atoms with Crippen molar-refractivity contribution in [3.63, 3.8) is 0 Å². The number of carboxylic acid groups (broad SMARTS) is 1. The molecule has 1 amide bonds. The molecule has 0 saturated carbocycles. The summed E-state index contributed by atoms with van der Waals surface area (Å²) in [6.45, 7) is 4.31. The molecule has 0 unspecified atom stereocenters. The van der Waals surface area contributed by atoms with E-state index in [1.54, 1.807) is 0 Å². The van der Waals surface area contributed by atoms with E-state index in [4.69, 9.17) is 5.11 Å². The molecule has 2 atom stereocenters. The molecule has 0 aliphatic rings. The predicted molar refractivity (Wildman–Crippen MR) is 74.2 cm³/mol.